The predicted molar refractivity (Wildman–Crippen MR) is 74.2 cm³/mol. The maximum atomic E-state index is 12.5. The molecule has 0 unspecified atom stereocenters. The van der Waals surface area contributed by atoms with E-state index in [-0.39, 0.29) is 18.6 Å². The van der Waals surface area contributed by atoms with E-state index in [9.17, 15) is 4.79 Å². The lowest BCUT2D eigenvalue weighted by molar-refractivity contribution is 0.0520. The van der Waals surface area contributed by atoms with Gasteiger partial charge in [0.25, 0.3) is 5.91 Å². The van der Waals surface area contributed by atoms with Crippen molar-refractivity contribution in [1.29, 1.82) is 0 Å². The van der Waals surface area contributed by atoms with Gasteiger partial charge in [-0.15, -0.1) is 0 Å². The first-order valence-electron chi connectivity index (χ1n) is 6.88. The second-order valence-electron chi connectivity index (χ2n) is 4.77. The second-order valence-corrected chi connectivity index (χ2v) is 4.77. The number of pyridine rings is 1. The summed E-state index contributed by atoms with van der Waals surface area (Å²) < 4.78 is 0. The van der Waals surface area contributed by atoms with E-state index in [0.29, 0.717) is 12.2 Å². The van der Waals surface area contributed by atoms with Gasteiger partial charge in [-0.1, -0.05) is 0 Å². The first-order valence-corrected chi connectivity index (χ1v) is 6.88. The number of nitrogens with zero attached hydrogens (tertiary/aromatic N) is 2. The van der Waals surface area contributed by atoms with Crippen LogP contribution in [0.1, 0.15) is 36.7 Å². The molecule has 0 atom stereocenters. The summed E-state index contributed by atoms with van der Waals surface area (Å²) in [5.74, 6) is -0.0847. The summed E-state index contributed by atoms with van der Waals surface area (Å²) in [7, 11) is 0. The molecule has 0 aliphatic heterocycles. The van der Waals surface area contributed by atoms with E-state index in [4.69, 9.17) is 5.11 Å². The number of hydrogen-bond acceptors (Lipinski definition) is 4. The highest BCUT2D eigenvalue weighted by Crippen LogP contribution is 2.26. The van der Waals surface area contributed by atoms with Crippen LogP contribution in [0.15, 0.2) is 18.3 Å². The molecule has 19 heavy (non-hydrogen) atoms. The van der Waals surface area contributed by atoms with E-state index in [1.807, 2.05) is 13.0 Å². The second kappa shape index (κ2) is 6.52. The van der Waals surface area contributed by atoms with Crippen LogP contribution in [-0.4, -0.2) is 46.6 Å². The van der Waals surface area contributed by atoms with E-state index in [1.54, 1.807) is 17.2 Å². The van der Waals surface area contributed by atoms with Gasteiger partial charge in [0.15, 0.2) is 0 Å². The lowest BCUT2D eigenvalue weighted by Gasteiger charge is -2.37. The highest BCUT2D eigenvalue weighted by molar-refractivity contribution is 5.93. The molecule has 1 saturated carbocycles. The Bertz CT molecular complexity index is 432. The number of rotatable bonds is 6. The smallest absolute Gasteiger partial charge is 0.272 e. The number of amides is 1. The molecule has 5 nitrogen and oxygen atoms in total. The summed E-state index contributed by atoms with van der Waals surface area (Å²) in [6, 6.07) is 3.89. The first kappa shape index (κ1) is 13.8. The number of aliphatic hydroxyl groups excluding tert-OH is 1. The molecule has 1 aromatic heterocycles. The SMILES string of the molecule is CCNc1ccnc(C(=O)N(CCO)C2CCC2)c1. The fourth-order valence-electron chi connectivity index (χ4n) is 2.26. The van der Waals surface area contributed by atoms with Gasteiger partial charge in [-0.25, -0.2) is 0 Å². The topological polar surface area (TPSA) is 65.5 Å². The molecule has 0 radical (unpaired) electrons. The Balaban J connectivity index is 2.13. The summed E-state index contributed by atoms with van der Waals surface area (Å²) in [6.45, 7) is 3.20. The lowest BCUT2D eigenvalue weighted by Crippen LogP contribution is -2.45. The summed E-state index contributed by atoms with van der Waals surface area (Å²) in [5, 5.41) is 12.3. The summed E-state index contributed by atoms with van der Waals surface area (Å²) in [6.07, 6.45) is 4.85. The number of nitrogens with one attached hydrogen (secondary N) is 1. The number of aliphatic hydroxyl groups is 1. The largest absolute Gasteiger partial charge is 0.395 e. The van der Waals surface area contributed by atoms with Gasteiger partial charge in [0.2, 0.25) is 0 Å². The summed E-state index contributed by atoms with van der Waals surface area (Å²) in [5.41, 5.74) is 1.34. The van der Waals surface area contributed by atoms with Gasteiger partial charge in [0.1, 0.15) is 5.69 Å². The molecule has 2 rings (SSSR count). The molecule has 1 aliphatic carbocycles. The van der Waals surface area contributed by atoms with Crippen molar-refractivity contribution in [3.8, 4) is 0 Å². The molecule has 2 N–H and O–H groups in total. The quantitative estimate of drug-likeness (QED) is 0.816. The van der Waals surface area contributed by atoms with Crippen LogP contribution in [0.3, 0.4) is 0 Å². The summed E-state index contributed by atoms with van der Waals surface area (Å²) >= 11 is 0. The Kier molecular flexibility index (Phi) is 4.74. The van der Waals surface area contributed by atoms with Gasteiger partial charge in [0.05, 0.1) is 6.61 Å². The standard InChI is InChI=1S/C14H21N3O2/c1-2-15-11-6-7-16-13(10-11)14(19)17(8-9-18)12-4-3-5-12/h6-7,10,12,18H,2-5,8-9H2,1H3,(H,15,16). The van der Waals surface area contributed by atoms with Gasteiger partial charge < -0.3 is 15.3 Å². The molecule has 0 saturated heterocycles. The Morgan fingerprint density at radius 2 is 2.37 bits per heavy atom. The Hall–Kier alpha value is -1.62. The normalized spacial score (nSPS) is 14.8. The lowest BCUT2D eigenvalue weighted by atomic mass is 9.91. The van der Waals surface area contributed by atoms with E-state index in [2.05, 4.69) is 10.3 Å². The Labute approximate surface area is 113 Å². The van der Waals surface area contributed by atoms with Gasteiger partial charge in [0, 0.05) is 31.0 Å². The highest BCUT2D eigenvalue weighted by Gasteiger charge is 2.29. The average Bonchev–Trinajstić information content (AvgIpc) is 2.36. The third kappa shape index (κ3) is 3.23. The molecule has 1 heterocycles. The third-order valence-electron chi connectivity index (χ3n) is 3.48. The molecule has 104 valence electrons. The minimum atomic E-state index is -0.0847. The average molecular weight is 263 g/mol. The number of carbonyl (C=O) groups is 1. The molecule has 5 heteroatoms. The summed E-state index contributed by atoms with van der Waals surface area (Å²) in [4.78, 5) is 18.4. The molecular formula is C14H21N3O2. The maximum absolute atomic E-state index is 12.5. The van der Waals surface area contributed by atoms with Crippen LogP contribution in [-0.2, 0) is 0 Å². The van der Waals surface area contributed by atoms with Crippen molar-refractivity contribution in [2.45, 2.75) is 32.2 Å². The zero-order valence-electron chi connectivity index (χ0n) is 11.3. The number of aromatic nitrogens is 1. The van der Waals surface area contributed by atoms with Crippen LogP contribution in [0, 0.1) is 0 Å². The monoisotopic (exact) mass is 263 g/mol. The molecule has 0 spiro atoms. The van der Waals surface area contributed by atoms with Crippen molar-refractivity contribution in [1.82, 2.24) is 9.88 Å². The van der Waals surface area contributed by atoms with E-state index < -0.39 is 0 Å². The number of hydrogen-bond donors (Lipinski definition) is 2. The fourth-order valence-corrected chi connectivity index (χ4v) is 2.26. The van der Waals surface area contributed by atoms with Crippen molar-refractivity contribution >= 4 is 11.6 Å². The van der Waals surface area contributed by atoms with Crippen molar-refractivity contribution in [3.63, 3.8) is 0 Å². The highest BCUT2D eigenvalue weighted by atomic mass is 16.3. The molecule has 1 aliphatic rings. The Morgan fingerprint density at radius 3 is 2.95 bits per heavy atom. The first-order chi connectivity index (χ1) is 9.26. The molecule has 0 bridgehead atoms. The number of anilines is 1. The molecule has 1 aromatic rings. The van der Waals surface area contributed by atoms with Gasteiger partial charge >= 0.3 is 0 Å². The van der Waals surface area contributed by atoms with Gasteiger partial charge in [-0.3, -0.25) is 9.78 Å². The van der Waals surface area contributed by atoms with Crippen LogP contribution in [0.25, 0.3) is 0 Å². The number of carbonyl (C=O) groups excluding carboxylic acids is 1. The van der Waals surface area contributed by atoms with Gasteiger partial charge in [-0.2, -0.15) is 0 Å². The van der Waals surface area contributed by atoms with Crippen molar-refractivity contribution < 1.29 is 9.90 Å². The van der Waals surface area contributed by atoms with Gasteiger partial charge in [-0.05, 0) is 38.3 Å². The van der Waals surface area contributed by atoms with Crippen LogP contribution >= 0.6 is 0 Å². The maximum Gasteiger partial charge on any atom is 0.272 e. The zero-order valence-corrected chi connectivity index (χ0v) is 11.3. The minimum Gasteiger partial charge on any atom is -0.395 e. The molecule has 1 amide bonds. The molecule has 0 aromatic carbocycles. The van der Waals surface area contributed by atoms with Crippen LogP contribution < -0.4 is 5.32 Å². The Morgan fingerprint density at radius 1 is 1.58 bits per heavy atom. The van der Waals surface area contributed by atoms with Crippen LogP contribution in [0.4, 0.5) is 5.69 Å². The van der Waals surface area contributed by atoms with Crippen LogP contribution in [0.2, 0.25) is 0 Å². The van der Waals surface area contributed by atoms with E-state index >= 15 is 0 Å². The van der Waals surface area contributed by atoms with E-state index in [0.717, 1.165) is 31.5 Å². The van der Waals surface area contributed by atoms with Crippen molar-refractivity contribution in [2.24, 2.45) is 0 Å². The minimum absolute atomic E-state index is 0.00482. The third-order valence-corrected chi connectivity index (χ3v) is 3.48. The zero-order chi connectivity index (χ0) is 13.7. The predicted octanol–water partition coefficient (Wildman–Crippen LogP) is 1.50. The fraction of sp³-hybridized carbons (Fsp3) is 0.571. The van der Waals surface area contributed by atoms with Crippen molar-refractivity contribution in [2.75, 3.05) is 25.0 Å². The molecular weight excluding hydrogens is 242 g/mol. The molecule has 1 fully saturated rings. The van der Waals surface area contributed by atoms with E-state index in [1.165, 1.54) is 0 Å². The van der Waals surface area contributed by atoms with Crippen LogP contribution in [0.5, 0.6) is 0 Å². The van der Waals surface area contributed by atoms with Crippen molar-refractivity contribution in [3.05, 3.63) is 24.0 Å².